The number of carbonyl (C=O) groups excluding carboxylic acids is 1. The number of rotatable bonds is 8. The maximum absolute atomic E-state index is 12.8. The fourth-order valence-electron chi connectivity index (χ4n) is 5.34. The van der Waals surface area contributed by atoms with Crippen molar-refractivity contribution in [3.63, 3.8) is 0 Å². The van der Waals surface area contributed by atoms with Crippen LogP contribution < -0.4 is 10.6 Å². The number of nitrogens with zero attached hydrogens (tertiary/aromatic N) is 2. The monoisotopic (exact) mass is 448 g/mol. The van der Waals surface area contributed by atoms with Crippen molar-refractivity contribution in [2.45, 2.75) is 58.0 Å². The van der Waals surface area contributed by atoms with Crippen LogP contribution in [0.2, 0.25) is 0 Å². The molecule has 5 nitrogen and oxygen atoms in total. The van der Waals surface area contributed by atoms with Gasteiger partial charge in [0.25, 0.3) is 5.91 Å². The van der Waals surface area contributed by atoms with Crippen LogP contribution >= 0.6 is 0 Å². The number of nitrogens with one attached hydrogen (secondary N) is 2. The summed E-state index contributed by atoms with van der Waals surface area (Å²) in [4.78, 5) is 17.2. The summed E-state index contributed by atoms with van der Waals surface area (Å²) in [5.41, 5.74) is 4.57. The van der Waals surface area contributed by atoms with Gasteiger partial charge in [-0.2, -0.15) is 0 Å². The third kappa shape index (κ3) is 5.96. The zero-order valence-corrected chi connectivity index (χ0v) is 20.4. The van der Waals surface area contributed by atoms with Crippen LogP contribution in [-0.2, 0) is 0 Å². The van der Waals surface area contributed by atoms with Gasteiger partial charge in [0.1, 0.15) is 0 Å². The van der Waals surface area contributed by atoms with E-state index in [9.17, 15) is 4.79 Å². The lowest BCUT2D eigenvalue weighted by atomic mass is 9.93. The van der Waals surface area contributed by atoms with Gasteiger partial charge in [-0.1, -0.05) is 43.5 Å². The topological polar surface area (TPSA) is 47.6 Å². The molecule has 1 heterocycles. The quantitative estimate of drug-likeness (QED) is 0.603. The fourth-order valence-corrected chi connectivity index (χ4v) is 5.34. The van der Waals surface area contributed by atoms with E-state index in [0.717, 1.165) is 44.8 Å². The first-order valence-corrected chi connectivity index (χ1v) is 12.9. The smallest absolute Gasteiger partial charge is 0.253 e. The van der Waals surface area contributed by atoms with Crippen molar-refractivity contribution in [3.8, 4) is 0 Å². The molecule has 2 N–H and O–H groups in total. The molecule has 0 radical (unpaired) electrons. The Labute approximate surface area is 199 Å². The minimum absolute atomic E-state index is 0.115. The number of amides is 1. The Kier molecular flexibility index (Phi) is 8.40. The summed E-state index contributed by atoms with van der Waals surface area (Å²) in [6.45, 7) is 9.60. The standard InChI is InChI=1S/C28H40N4O/c1-3-31(4-2)28(33)23-15-13-22(14-16-23)27(32-19-17-29-18-20-32)24-9-8-12-26(21-24)30-25-10-6-5-7-11-25/h8-9,12-16,21,25,27,29-30H,3-7,10-11,17-20H2,1-2H3/t27-/m0/s1. The van der Waals surface area contributed by atoms with Crippen LogP contribution in [0.5, 0.6) is 0 Å². The molecular formula is C28H40N4O. The molecule has 178 valence electrons. The van der Waals surface area contributed by atoms with Gasteiger partial charge in [0.15, 0.2) is 0 Å². The molecule has 1 aliphatic carbocycles. The maximum Gasteiger partial charge on any atom is 0.253 e. The van der Waals surface area contributed by atoms with Gasteiger partial charge in [-0.05, 0) is 62.1 Å². The van der Waals surface area contributed by atoms with E-state index in [2.05, 4.69) is 51.9 Å². The Morgan fingerprint density at radius 1 is 1.00 bits per heavy atom. The van der Waals surface area contributed by atoms with Gasteiger partial charge in [0.05, 0.1) is 6.04 Å². The van der Waals surface area contributed by atoms with Crippen LogP contribution in [0.25, 0.3) is 0 Å². The predicted octanol–water partition coefficient (Wildman–Crippen LogP) is 4.91. The average molecular weight is 449 g/mol. The fraction of sp³-hybridized carbons (Fsp3) is 0.536. The van der Waals surface area contributed by atoms with Crippen LogP contribution in [-0.4, -0.2) is 61.0 Å². The van der Waals surface area contributed by atoms with Gasteiger partial charge < -0.3 is 15.5 Å². The highest BCUT2D eigenvalue weighted by Crippen LogP contribution is 2.32. The number of carbonyl (C=O) groups is 1. The minimum Gasteiger partial charge on any atom is -0.382 e. The SMILES string of the molecule is CCN(CC)C(=O)c1ccc([C@@H](c2cccc(NC3CCCCC3)c2)N2CCNCC2)cc1. The molecule has 0 unspecified atom stereocenters. The molecular weight excluding hydrogens is 408 g/mol. The molecule has 0 bridgehead atoms. The zero-order valence-electron chi connectivity index (χ0n) is 20.4. The van der Waals surface area contributed by atoms with Crippen molar-refractivity contribution in [2.75, 3.05) is 44.6 Å². The number of benzene rings is 2. The Morgan fingerprint density at radius 2 is 1.70 bits per heavy atom. The minimum atomic E-state index is 0.115. The first-order valence-electron chi connectivity index (χ1n) is 12.9. The summed E-state index contributed by atoms with van der Waals surface area (Å²) in [5, 5.41) is 7.28. The molecule has 33 heavy (non-hydrogen) atoms. The van der Waals surface area contributed by atoms with E-state index in [-0.39, 0.29) is 11.9 Å². The van der Waals surface area contributed by atoms with Gasteiger partial charge in [0.2, 0.25) is 0 Å². The molecule has 4 rings (SSSR count). The highest BCUT2D eigenvalue weighted by atomic mass is 16.2. The van der Waals surface area contributed by atoms with E-state index in [1.807, 2.05) is 30.9 Å². The molecule has 1 aliphatic heterocycles. The average Bonchev–Trinajstić information content (AvgIpc) is 2.87. The van der Waals surface area contributed by atoms with Crippen LogP contribution in [0.3, 0.4) is 0 Å². The van der Waals surface area contributed by atoms with Gasteiger partial charge in [-0.3, -0.25) is 9.69 Å². The zero-order chi connectivity index (χ0) is 23.0. The Morgan fingerprint density at radius 3 is 2.36 bits per heavy atom. The lowest BCUT2D eigenvalue weighted by Gasteiger charge is -2.36. The van der Waals surface area contributed by atoms with Crippen molar-refractivity contribution in [2.24, 2.45) is 0 Å². The van der Waals surface area contributed by atoms with Gasteiger partial charge in [-0.25, -0.2) is 0 Å². The van der Waals surface area contributed by atoms with Gasteiger partial charge >= 0.3 is 0 Å². The van der Waals surface area contributed by atoms with Crippen molar-refractivity contribution in [3.05, 3.63) is 65.2 Å². The summed E-state index contributed by atoms with van der Waals surface area (Å²) in [6, 6.07) is 18.1. The van der Waals surface area contributed by atoms with Crippen molar-refractivity contribution >= 4 is 11.6 Å². The molecule has 0 spiro atoms. The van der Waals surface area contributed by atoms with Crippen molar-refractivity contribution in [1.82, 2.24) is 15.1 Å². The first-order chi connectivity index (χ1) is 16.2. The normalized spacial score (nSPS) is 18.6. The molecule has 0 aromatic heterocycles. The van der Waals surface area contributed by atoms with Crippen LogP contribution in [0.1, 0.15) is 73.5 Å². The molecule has 1 atom stereocenters. The highest BCUT2D eigenvalue weighted by molar-refractivity contribution is 5.94. The molecule has 1 saturated heterocycles. The van der Waals surface area contributed by atoms with Crippen molar-refractivity contribution in [1.29, 1.82) is 0 Å². The summed E-state index contributed by atoms with van der Waals surface area (Å²) in [5.74, 6) is 0.115. The molecule has 2 aromatic rings. The predicted molar refractivity (Wildman–Crippen MR) is 137 cm³/mol. The third-order valence-electron chi connectivity index (χ3n) is 7.22. The van der Waals surface area contributed by atoms with Crippen LogP contribution in [0.15, 0.2) is 48.5 Å². The second-order valence-electron chi connectivity index (χ2n) is 9.39. The summed E-state index contributed by atoms with van der Waals surface area (Å²) in [6.07, 6.45) is 6.58. The molecule has 2 aromatic carbocycles. The molecule has 5 heteroatoms. The van der Waals surface area contributed by atoms with E-state index >= 15 is 0 Å². The molecule has 1 amide bonds. The number of anilines is 1. The van der Waals surface area contributed by atoms with Gasteiger partial charge in [-0.15, -0.1) is 0 Å². The largest absolute Gasteiger partial charge is 0.382 e. The lowest BCUT2D eigenvalue weighted by Crippen LogP contribution is -2.45. The summed E-state index contributed by atoms with van der Waals surface area (Å²) in [7, 11) is 0. The second-order valence-corrected chi connectivity index (χ2v) is 9.39. The number of hydrogen-bond acceptors (Lipinski definition) is 4. The summed E-state index contributed by atoms with van der Waals surface area (Å²) >= 11 is 0. The van der Waals surface area contributed by atoms with Crippen LogP contribution in [0.4, 0.5) is 5.69 Å². The summed E-state index contributed by atoms with van der Waals surface area (Å²) < 4.78 is 0. The molecule has 2 aliphatic rings. The van der Waals surface area contributed by atoms with E-state index in [4.69, 9.17) is 0 Å². The molecule has 2 fully saturated rings. The third-order valence-corrected chi connectivity index (χ3v) is 7.22. The number of hydrogen-bond donors (Lipinski definition) is 2. The van der Waals surface area contributed by atoms with E-state index < -0.39 is 0 Å². The van der Waals surface area contributed by atoms with Gasteiger partial charge in [0, 0.05) is 56.6 Å². The number of piperazine rings is 1. The first kappa shape index (κ1) is 23.8. The second kappa shape index (κ2) is 11.7. The Bertz CT molecular complexity index is 881. The van der Waals surface area contributed by atoms with Crippen LogP contribution in [0, 0.1) is 0 Å². The maximum atomic E-state index is 12.8. The molecule has 1 saturated carbocycles. The van der Waals surface area contributed by atoms with E-state index in [0.29, 0.717) is 6.04 Å². The lowest BCUT2D eigenvalue weighted by molar-refractivity contribution is 0.0773. The highest BCUT2D eigenvalue weighted by Gasteiger charge is 2.25. The van der Waals surface area contributed by atoms with Crippen molar-refractivity contribution < 1.29 is 4.79 Å². The van der Waals surface area contributed by atoms with E-state index in [1.54, 1.807) is 0 Å². The van der Waals surface area contributed by atoms with E-state index in [1.165, 1.54) is 48.9 Å². The Balaban J connectivity index is 1.59. The Hall–Kier alpha value is -2.37.